The topological polar surface area (TPSA) is 55.4 Å². The summed E-state index contributed by atoms with van der Waals surface area (Å²) in [5.74, 6) is 0.916. The van der Waals surface area contributed by atoms with Crippen molar-refractivity contribution in [3.05, 3.63) is 123 Å². The van der Waals surface area contributed by atoms with Crippen LogP contribution in [0.4, 0.5) is 0 Å². The second-order valence-corrected chi connectivity index (χ2v) is 6.39. The number of pyridine rings is 5. The first-order valence-corrected chi connectivity index (χ1v) is 9.54. The highest BCUT2D eigenvalue weighted by molar-refractivity contribution is 5.62. The minimum atomic E-state index is 0. The van der Waals surface area contributed by atoms with E-state index < -0.39 is 0 Å². The molecular weight excluding hydrogens is 406 g/mol. The molecule has 0 atom stereocenters. The van der Waals surface area contributed by atoms with Crippen molar-refractivity contribution in [3.8, 4) is 28.1 Å². The smallest absolute Gasteiger partial charge is 0.327 e. The molecule has 0 aliphatic rings. The van der Waals surface area contributed by atoms with Gasteiger partial charge in [-0.2, -0.15) is 0 Å². The fourth-order valence-corrected chi connectivity index (χ4v) is 2.91. The summed E-state index contributed by atoms with van der Waals surface area (Å²) < 4.78 is 1.99. The van der Waals surface area contributed by atoms with Crippen LogP contribution in [0.15, 0.2) is 123 Å². The Morgan fingerprint density at radius 2 is 0.871 bits per heavy atom. The largest absolute Gasteiger partial charge is 1.00 e. The van der Waals surface area contributed by atoms with Gasteiger partial charge in [-0.15, -0.1) is 0 Å². The number of halogens is 1. The van der Waals surface area contributed by atoms with E-state index >= 15 is 0 Å². The fraction of sp³-hybridized carbons (Fsp3) is 0. The van der Waals surface area contributed by atoms with Crippen LogP contribution < -0.4 is 17.0 Å². The van der Waals surface area contributed by atoms with Crippen LogP contribution in [0.25, 0.3) is 28.1 Å². The van der Waals surface area contributed by atoms with Crippen LogP contribution in [0.1, 0.15) is 0 Å². The number of hydrogen-bond acceptors (Lipinski definition) is 4. The van der Waals surface area contributed by atoms with Crippen molar-refractivity contribution in [3.63, 3.8) is 0 Å². The summed E-state index contributed by atoms with van der Waals surface area (Å²) >= 11 is 0. The summed E-state index contributed by atoms with van der Waals surface area (Å²) in [7, 11) is 0. The first-order chi connectivity index (χ1) is 14.9. The number of hydrogen-bond donors (Lipinski definition) is 0. The first kappa shape index (κ1) is 21.7. The first-order valence-electron chi connectivity index (χ1n) is 9.54. The van der Waals surface area contributed by atoms with Gasteiger partial charge in [0.15, 0.2) is 0 Å². The Morgan fingerprint density at radius 1 is 0.452 bits per heavy atom. The van der Waals surface area contributed by atoms with Crippen LogP contribution >= 0.6 is 0 Å². The Bertz CT molecular complexity index is 1060. The van der Waals surface area contributed by atoms with E-state index in [0.717, 1.165) is 11.4 Å². The van der Waals surface area contributed by atoms with Crippen LogP contribution in [0.3, 0.4) is 0 Å². The lowest BCUT2D eigenvalue weighted by atomic mass is 10.1. The molecule has 5 nitrogen and oxygen atoms in total. The Morgan fingerprint density at radius 3 is 1.26 bits per heavy atom. The molecule has 6 heteroatoms. The average molecular weight is 426 g/mol. The van der Waals surface area contributed by atoms with Crippen molar-refractivity contribution in [2.24, 2.45) is 0 Å². The van der Waals surface area contributed by atoms with E-state index in [2.05, 4.69) is 32.1 Å². The van der Waals surface area contributed by atoms with Crippen molar-refractivity contribution >= 4 is 0 Å². The van der Waals surface area contributed by atoms with Gasteiger partial charge in [0, 0.05) is 43.2 Å². The van der Waals surface area contributed by atoms with Gasteiger partial charge in [0.05, 0.1) is 12.4 Å². The normalized spacial score (nSPS) is 9.68. The molecule has 5 aromatic heterocycles. The maximum atomic E-state index is 4.30. The second kappa shape index (κ2) is 11.3. The molecule has 152 valence electrons. The molecule has 0 amide bonds. The zero-order valence-electron chi connectivity index (χ0n) is 16.7. The van der Waals surface area contributed by atoms with E-state index in [1.807, 2.05) is 71.6 Å². The highest BCUT2D eigenvalue weighted by Gasteiger charge is 2.05. The Labute approximate surface area is 187 Å². The predicted octanol–water partition coefficient (Wildman–Crippen LogP) is 1.57. The molecule has 0 spiro atoms. The quantitative estimate of drug-likeness (QED) is 0.412. The van der Waals surface area contributed by atoms with E-state index in [1.54, 1.807) is 43.4 Å². The van der Waals surface area contributed by atoms with Crippen molar-refractivity contribution in [2.75, 3.05) is 0 Å². The van der Waals surface area contributed by atoms with Gasteiger partial charge < -0.3 is 12.4 Å². The summed E-state index contributed by atoms with van der Waals surface area (Å²) in [6.45, 7) is 0. The lowest BCUT2D eigenvalue weighted by Gasteiger charge is -2.01. The molecule has 0 bridgehead atoms. The van der Waals surface area contributed by atoms with E-state index in [4.69, 9.17) is 0 Å². The second-order valence-electron chi connectivity index (χ2n) is 6.39. The van der Waals surface area contributed by atoms with Crippen molar-refractivity contribution in [1.82, 2.24) is 19.9 Å². The van der Waals surface area contributed by atoms with Crippen LogP contribution in [-0.4, -0.2) is 19.9 Å². The molecule has 0 N–H and O–H groups in total. The highest BCUT2D eigenvalue weighted by Crippen LogP contribution is 2.16. The van der Waals surface area contributed by atoms with Crippen LogP contribution in [-0.2, 0) is 0 Å². The lowest BCUT2D eigenvalue weighted by Crippen LogP contribution is -3.00. The summed E-state index contributed by atoms with van der Waals surface area (Å²) in [6, 6.07) is 21.9. The third kappa shape index (κ3) is 6.01. The Hall–Kier alpha value is -3.96. The summed E-state index contributed by atoms with van der Waals surface area (Å²) in [6.07, 6.45) is 16.6. The summed E-state index contributed by atoms with van der Waals surface area (Å²) in [5.41, 5.74) is 4.68. The van der Waals surface area contributed by atoms with E-state index in [0.29, 0.717) is 0 Å². The van der Waals surface area contributed by atoms with Gasteiger partial charge in [-0.25, -0.2) is 4.57 Å². The predicted molar refractivity (Wildman–Crippen MR) is 116 cm³/mol. The van der Waals surface area contributed by atoms with E-state index in [-0.39, 0.29) is 12.4 Å². The van der Waals surface area contributed by atoms with E-state index in [1.165, 1.54) is 16.7 Å². The highest BCUT2D eigenvalue weighted by atomic mass is 35.5. The SMILES string of the molecule is [Cl-].c1cc(-c2ccncc2)ccn1.c1ccc(-[n+]2ccc(-c3ccncc3)cc2)nc1. The standard InChI is InChI=1S/C15H12N3.C10H8N2.ClH/c1-2-8-17-15(3-1)18-11-6-14(7-12-18)13-4-9-16-10-5-13;1-5-11-6-2-9(1)10-3-7-12-8-4-10;/h1-12H;1-8H;1H/q+1;;/p-1. The van der Waals surface area contributed by atoms with Gasteiger partial charge in [-0.3, -0.25) is 15.0 Å². The van der Waals surface area contributed by atoms with Crippen molar-refractivity contribution in [2.45, 2.75) is 0 Å². The van der Waals surface area contributed by atoms with Crippen LogP contribution in [0, 0.1) is 0 Å². The van der Waals surface area contributed by atoms with Gasteiger partial charge in [0.25, 0.3) is 0 Å². The van der Waals surface area contributed by atoms with Gasteiger partial charge in [0.2, 0.25) is 0 Å². The summed E-state index contributed by atoms with van der Waals surface area (Å²) in [5, 5.41) is 0. The number of nitrogens with zero attached hydrogens (tertiary/aromatic N) is 5. The zero-order chi connectivity index (χ0) is 20.4. The van der Waals surface area contributed by atoms with Gasteiger partial charge in [-0.1, -0.05) is 6.07 Å². The average Bonchev–Trinajstić information content (AvgIpc) is 2.87. The molecule has 0 unspecified atom stereocenters. The molecule has 0 fully saturated rings. The molecular formula is C25H20ClN5. The maximum absolute atomic E-state index is 4.30. The minimum absolute atomic E-state index is 0. The van der Waals surface area contributed by atoms with Gasteiger partial charge in [0.1, 0.15) is 6.20 Å². The van der Waals surface area contributed by atoms with Gasteiger partial charge in [-0.05, 0) is 81.8 Å². The molecule has 0 aliphatic carbocycles. The third-order valence-electron chi connectivity index (χ3n) is 4.45. The third-order valence-corrected chi connectivity index (χ3v) is 4.45. The number of rotatable bonds is 3. The molecule has 31 heavy (non-hydrogen) atoms. The lowest BCUT2D eigenvalue weighted by molar-refractivity contribution is -0.599. The molecule has 0 aromatic carbocycles. The van der Waals surface area contributed by atoms with Crippen molar-refractivity contribution < 1.29 is 17.0 Å². The fourth-order valence-electron chi connectivity index (χ4n) is 2.91. The summed E-state index contributed by atoms with van der Waals surface area (Å²) in [4.78, 5) is 16.2. The van der Waals surface area contributed by atoms with Crippen molar-refractivity contribution in [1.29, 1.82) is 0 Å². The maximum Gasteiger partial charge on any atom is 0.327 e. The molecule has 0 aliphatic heterocycles. The van der Waals surface area contributed by atoms with E-state index in [9.17, 15) is 0 Å². The molecule has 0 saturated heterocycles. The molecule has 5 heterocycles. The molecule has 5 aromatic rings. The molecule has 0 saturated carbocycles. The molecule has 0 radical (unpaired) electrons. The van der Waals surface area contributed by atoms with Crippen LogP contribution in [0.2, 0.25) is 0 Å². The zero-order valence-corrected chi connectivity index (χ0v) is 17.4. The van der Waals surface area contributed by atoms with Gasteiger partial charge >= 0.3 is 5.82 Å². The molecule has 5 rings (SSSR count). The monoisotopic (exact) mass is 425 g/mol. The number of aromatic nitrogens is 5. The Balaban J connectivity index is 0.000000183. The Kier molecular flexibility index (Phi) is 7.91. The minimum Gasteiger partial charge on any atom is -1.00 e. The van der Waals surface area contributed by atoms with Crippen LogP contribution in [0.5, 0.6) is 0 Å².